The van der Waals surface area contributed by atoms with Gasteiger partial charge in [-0.05, 0) is 24.3 Å². The lowest BCUT2D eigenvalue weighted by molar-refractivity contribution is 0.652. The molecule has 1 aliphatic rings. The van der Waals surface area contributed by atoms with Crippen molar-refractivity contribution in [3.05, 3.63) is 59.4 Å². The molecule has 2 atom stereocenters. The van der Waals surface area contributed by atoms with Crippen LogP contribution in [0.25, 0.3) is 6.08 Å². The van der Waals surface area contributed by atoms with E-state index in [2.05, 4.69) is 58.6 Å². The van der Waals surface area contributed by atoms with Crippen LogP contribution in [0.15, 0.2) is 48.3 Å². The lowest BCUT2D eigenvalue weighted by Crippen LogP contribution is -2.18. The number of nitrogens with two attached hydrogens (primary N) is 1. The zero-order valence-corrected chi connectivity index (χ0v) is 14.1. The second-order valence-corrected chi connectivity index (χ2v) is 5.76. The Morgan fingerprint density at radius 1 is 1.26 bits per heavy atom. The van der Waals surface area contributed by atoms with Crippen molar-refractivity contribution in [3.8, 4) is 0 Å². The number of hydrogen-bond acceptors (Lipinski definition) is 4. The van der Waals surface area contributed by atoms with Crippen molar-refractivity contribution in [1.82, 2.24) is 15.3 Å². The van der Waals surface area contributed by atoms with Crippen LogP contribution in [0.5, 0.6) is 0 Å². The van der Waals surface area contributed by atoms with Crippen LogP contribution >= 0.6 is 12.4 Å². The van der Waals surface area contributed by atoms with Gasteiger partial charge in [-0.2, -0.15) is 0 Å². The fourth-order valence-corrected chi connectivity index (χ4v) is 2.77. The molecule has 1 fully saturated rings. The van der Waals surface area contributed by atoms with Crippen molar-refractivity contribution < 1.29 is 0 Å². The lowest BCUT2D eigenvalue weighted by atomic mass is 10.0. The van der Waals surface area contributed by atoms with Crippen molar-refractivity contribution in [2.75, 3.05) is 5.73 Å². The number of anilines is 1. The minimum absolute atomic E-state index is 0. The molecule has 4 nitrogen and oxygen atoms in total. The Morgan fingerprint density at radius 2 is 1.96 bits per heavy atom. The van der Waals surface area contributed by atoms with Crippen molar-refractivity contribution in [3.63, 3.8) is 0 Å². The second kappa shape index (κ2) is 8.09. The molecule has 0 spiro atoms. The highest BCUT2D eigenvalue weighted by Crippen LogP contribution is 2.39. The SMILES string of the molecule is CCC(=Cc1ccccc1)C1C[C@@H]1NCc1cnc(N)nc1.Cl. The Labute approximate surface area is 143 Å². The van der Waals surface area contributed by atoms with E-state index in [0.29, 0.717) is 17.9 Å². The maximum atomic E-state index is 5.50. The number of nitrogens with one attached hydrogen (secondary N) is 1. The molecule has 122 valence electrons. The summed E-state index contributed by atoms with van der Waals surface area (Å²) in [5.41, 5.74) is 9.39. The lowest BCUT2D eigenvalue weighted by Gasteiger charge is -2.07. The minimum Gasteiger partial charge on any atom is -0.368 e. The summed E-state index contributed by atoms with van der Waals surface area (Å²) in [4.78, 5) is 8.04. The van der Waals surface area contributed by atoms with E-state index < -0.39 is 0 Å². The molecule has 1 aliphatic carbocycles. The third-order valence-electron chi connectivity index (χ3n) is 4.12. The molecule has 3 rings (SSSR count). The molecule has 0 aliphatic heterocycles. The molecule has 1 heterocycles. The molecule has 1 unspecified atom stereocenters. The summed E-state index contributed by atoms with van der Waals surface area (Å²) < 4.78 is 0. The highest BCUT2D eigenvalue weighted by Gasteiger charge is 2.38. The molecule has 0 saturated heterocycles. The maximum Gasteiger partial charge on any atom is 0.219 e. The fourth-order valence-electron chi connectivity index (χ4n) is 2.77. The standard InChI is InChI=1S/C18H22N4.ClH/c1-2-15(8-13-6-4-3-5-7-13)16-9-17(16)20-10-14-11-21-18(19)22-12-14;/h3-8,11-12,16-17,20H,2,9-10H2,1H3,(H2,19,21,22);1H/t16?,17-;/m0./s1. The van der Waals surface area contributed by atoms with Gasteiger partial charge in [0.15, 0.2) is 0 Å². The van der Waals surface area contributed by atoms with Crippen LogP contribution in [0.4, 0.5) is 5.95 Å². The average molecular weight is 331 g/mol. The van der Waals surface area contributed by atoms with E-state index in [1.807, 2.05) is 0 Å². The Hall–Kier alpha value is -1.91. The average Bonchev–Trinajstić information content (AvgIpc) is 3.32. The van der Waals surface area contributed by atoms with Gasteiger partial charge in [0.25, 0.3) is 0 Å². The summed E-state index contributed by atoms with van der Waals surface area (Å²) in [6.45, 7) is 3.03. The number of halogens is 1. The van der Waals surface area contributed by atoms with Crippen molar-refractivity contribution in [1.29, 1.82) is 0 Å². The molecule has 1 aromatic carbocycles. The molecule has 1 saturated carbocycles. The van der Waals surface area contributed by atoms with E-state index in [-0.39, 0.29) is 12.4 Å². The van der Waals surface area contributed by atoms with E-state index in [9.17, 15) is 0 Å². The minimum atomic E-state index is 0. The van der Waals surface area contributed by atoms with E-state index in [4.69, 9.17) is 5.73 Å². The molecule has 0 amide bonds. The van der Waals surface area contributed by atoms with Gasteiger partial charge in [0, 0.05) is 30.5 Å². The molecule has 5 heteroatoms. The molecule has 0 bridgehead atoms. The van der Waals surface area contributed by atoms with Crippen LogP contribution in [-0.2, 0) is 6.54 Å². The summed E-state index contributed by atoms with van der Waals surface area (Å²) in [6, 6.07) is 11.1. The third kappa shape index (κ3) is 4.78. The number of rotatable bonds is 6. The monoisotopic (exact) mass is 330 g/mol. The molecule has 2 aromatic rings. The summed E-state index contributed by atoms with van der Waals surface area (Å²) in [5.74, 6) is 0.979. The fraction of sp³-hybridized carbons (Fsp3) is 0.333. The zero-order valence-electron chi connectivity index (χ0n) is 13.3. The topological polar surface area (TPSA) is 63.8 Å². The van der Waals surface area contributed by atoms with Crippen LogP contribution in [0.2, 0.25) is 0 Å². The molecule has 0 radical (unpaired) electrons. The van der Waals surface area contributed by atoms with Crippen LogP contribution in [0, 0.1) is 5.92 Å². The van der Waals surface area contributed by atoms with Gasteiger partial charge >= 0.3 is 0 Å². The van der Waals surface area contributed by atoms with Gasteiger partial charge in [0.05, 0.1) is 0 Å². The molecule has 1 aromatic heterocycles. The number of aromatic nitrogens is 2. The molecular weight excluding hydrogens is 308 g/mol. The number of nitrogens with zero attached hydrogens (tertiary/aromatic N) is 2. The van der Waals surface area contributed by atoms with Gasteiger partial charge in [-0.3, -0.25) is 0 Å². The smallest absolute Gasteiger partial charge is 0.219 e. The highest BCUT2D eigenvalue weighted by atomic mass is 35.5. The first-order valence-electron chi connectivity index (χ1n) is 7.81. The molecule has 3 N–H and O–H groups in total. The van der Waals surface area contributed by atoms with Gasteiger partial charge in [-0.15, -0.1) is 12.4 Å². The van der Waals surface area contributed by atoms with Crippen LogP contribution in [-0.4, -0.2) is 16.0 Å². The quantitative estimate of drug-likeness (QED) is 0.851. The number of benzene rings is 1. The summed E-state index contributed by atoms with van der Waals surface area (Å²) in [7, 11) is 0. The Bertz CT molecular complexity index is 640. The first-order valence-corrected chi connectivity index (χ1v) is 7.81. The van der Waals surface area contributed by atoms with Gasteiger partial charge < -0.3 is 11.1 Å². The summed E-state index contributed by atoms with van der Waals surface area (Å²) in [5, 5.41) is 3.58. The normalized spacial score (nSPS) is 20.0. The number of hydrogen-bond donors (Lipinski definition) is 2. The zero-order chi connectivity index (χ0) is 15.4. The maximum absolute atomic E-state index is 5.50. The van der Waals surface area contributed by atoms with Crippen molar-refractivity contribution in [2.45, 2.75) is 32.4 Å². The first kappa shape index (κ1) is 17.4. The van der Waals surface area contributed by atoms with Crippen LogP contribution in [0.3, 0.4) is 0 Å². The highest BCUT2D eigenvalue weighted by molar-refractivity contribution is 5.85. The van der Waals surface area contributed by atoms with Crippen molar-refractivity contribution in [2.24, 2.45) is 5.92 Å². The molecular formula is C18H23ClN4. The Morgan fingerprint density at radius 3 is 2.61 bits per heavy atom. The van der Waals surface area contributed by atoms with Gasteiger partial charge in [-0.1, -0.05) is 48.9 Å². The second-order valence-electron chi connectivity index (χ2n) is 5.76. The van der Waals surface area contributed by atoms with Gasteiger partial charge in [-0.25, -0.2) is 9.97 Å². The number of nitrogen functional groups attached to an aromatic ring is 1. The van der Waals surface area contributed by atoms with E-state index >= 15 is 0 Å². The first-order chi connectivity index (χ1) is 10.8. The largest absolute Gasteiger partial charge is 0.368 e. The molecule has 23 heavy (non-hydrogen) atoms. The Balaban J connectivity index is 0.00000192. The van der Waals surface area contributed by atoms with Crippen molar-refractivity contribution >= 4 is 24.4 Å². The summed E-state index contributed by atoms with van der Waals surface area (Å²) >= 11 is 0. The van der Waals surface area contributed by atoms with E-state index in [0.717, 1.165) is 18.5 Å². The van der Waals surface area contributed by atoms with E-state index in [1.54, 1.807) is 12.4 Å². The third-order valence-corrected chi connectivity index (χ3v) is 4.12. The summed E-state index contributed by atoms with van der Waals surface area (Å²) in [6.07, 6.45) is 8.21. The van der Waals surface area contributed by atoms with Crippen LogP contribution < -0.4 is 11.1 Å². The predicted octanol–water partition coefficient (Wildman–Crippen LogP) is 3.45. The van der Waals surface area contributed by atoms with Crippen LogP contribution in [0.1, 0.15) is 30.9 Å². The van der Waals surface area contributed by atoms with Gasteiger partial charge in [0.2, 0.25) is 5.95 Å². The Kier molecular flexibility index (Phi) is 6.13. The van der Waals surface area contributed by atoms with Gasteiger partial charge in [0.1, 0.15) is 0 Å². The van der Waals surface area contributed by atoms with E-state index in [1.165, 1.54) is 17.6 Å². The predicted molar refractivity (Wildman–Crippen MR) is 97.1 cm³/mol.